The molecule has 4 heteroatoms. The molecule has 0 amide bonds. The summed E-state index contributed by atoms with van der Waals surface area (Å²) in [5, 5.41) is 21.0. The van der Waals surface area contributed by atoms with Crippen molar-refractivity contribution < 1.29 is 19.8 Å². The molecule has 2 N–H and O–H groups in total. The molecule has 4 aliphatic carbocycles. The number of carbonyl (C=O) groups is 2. The van der Waals surface area contributed by atoms with Crippen LogP contribution in [0.2, 0.25) is 0 Å². The molecule has 0 aliphatic heterocycles. The smallest absolute Gasteiger partial charge is 0.190 e. The summed E-state index contributed by atoms with van der Waals surface area (Å²) in [5.74, 6) is 0.542. The fourth-order valence-corrected chi connectivity index (χ4v) is 7.33. The Hall–Kier alpha value is -1.26. The lowest BCUT2D eigenvalue weighted by molar-refractivity contribution is -0.161. The molecule has 148 valence electrons. The standard InChI is InChI=1S/C23H32O4/c1-13-9-16-17(21(3)7-5-15(25)11-18(13)21)6-8-22(4)19(16)10-14(2)23(22,27)20(26)12-24/h6,11,13-14,16,19,24,27H,5,7-10,12H2,1-4H3. The van der Waals surface area contributed by atoms with E-state index in [2.05, 4.69) is 19.9 Å². The molecule has 4 nitrogen and oxygen atoms in total. The molecule has 7 atom stereocenters. The molecule has 7 unspecified atom stereocenters. The Labute approximate surface area is 161 Å². The number of ketones is 2. The highest BCUT2D eigenvalue weighted by atomic mass is 16.3. The number of hydrogen-bond donors (Lipinski definition) is 2. The van der Waals surface area contributed by atoms with Crippen LogP contribution < -0.4 is 0 Å². The van der Waals surface area contributed by atoms with E-state index in [0.717, 1.165) is 19.3 Å². The molecule has 4 rings (SSSR count). The second-order valence-corrected chi connectivity index (χ2v) is 10.0. The third-order valence-electron chi connectivity index (χ3n) is 8.81. The first-order valence-corrected chi connectivity index (χ1v) is 10.4. The summed E-state index contributed by atoms with van der Waals surface area (Å²) >= 11 is 0. The van der Waals surface area contributed by atoms with Crippen LogP contribution in [0.1, 0.15) is 59.8 Å². The first-order valence-electron chi connectivity index (χ1n) is 10.4. The molecule has 4 aliphatic rings. The first kappa shape index (κ1) is 19.1. The van der Waals surface area contributed by atoms with Crippen LogP contribution in [-0.4, -0.2) is 34.0 Å². The normalized spacial score (nSPS) is 48.9. The van der Waals surface area contributed by atoms with Gasteiger partial charge in [-0.1, -0.05) is 44.9 Å². The number of allylic oxidation sites excluding steroid dienone is 4. The molecule has 0 aromatic carbocycles. The lowest BCUT2D eigenvalue weighted by Gasteiger charge is -2.56. The third-order valence-corrected chi connectivity index (χ3v) is 8.81. The van der Waals surface area contributed by atoms with Gasteiger partial charge in [-0.05, 0) is 55.4 Å². The molecular weight excluding hydrogens is 340 g/mol. The van der Waals surface area contributed by atoms with Crippen molar-refractivity contribution in [3.63, 3.8) is 0 Å². The van der Waals surface area contributed by atoms with Gasteiger partial charge >= 0.3 is 0 Å². The predicted molar refractivity (Wildman–Crippen MR) is 103 cm³/mol. The highest BCUT2D eigenvalue weighted by Gasteiger charge is 2.67. The summed E-state index contributed by atoms with van der Waals surface area (Å²) in [7, 11) is 0. The van der Waals surface area contributed by atoms with Crippen LogP contribution in [0.4, 0.5) is 0 Å². The highest BCUT2D eigenvalue weighted by molar-refractivity contribution is 5.92. The minimum Gasteiger partial charge on any atom is -0.388 e. The number of rotatable bonds is 2. The average molecular weight is 373 g/mol. The van der Waals surface area contributed by atoms with Crippen molar-refractivity contribution >= 4 is 11.6 Å². The van der Waals surface area contributed by atoms with Crippen LogP contribution in [0.3, 0.4) is 0 Å². The molecule has 0 radical (unpaired) electrons. The molecule has 0 saturated heterocycles. The van der Waals surface area contributed by atoms with Gasteiger partial charge in [0.1, 0.15) is 12.2 Å². The van der Waals surface area contributed by atoms with Gasteiger partial charge < -0.3 is 10.2 Å². The monoisotopic (exact) mass is 372 g/mol. The fourth-order valence-electron chi connectivity index (χ4n) is 7.33. The fraction of sp³-hybridized carbons (Fsp3) is 0.739. The summed E-state index contributed by atoms with van der Waals surface area (Å²) in [4.78, 5) is 24.6. The van der Waals surface area contributed by atoms with E-state index in [0.29, 0.717) is 24.7 Å². The minimum absolute atomic E-state index is 0.0670. The lowest BCUT2D eigenvalue weighted by Crippen LogP contribution is -2.57. The molecule has 0 aromatic rings. The van der Waals surface area contributed by atoms with E-state index >= 15 is 0 Å². The van der Waals surface area contributed by atoms with Crippen molar-refractivity contribution in [2.75, 3.05) is 6.61 Å². The zero-order valence-corrected chi connectivity index (χ0v) is 16.9. The van der Waals surface area contributed by atoms with Gasteiger partial charge in [0, 0.05) is 17.3 Å². The quantitative estimate of drug-likeness (QED) is 0.730. The van der Waals surface area contributed by atoms with Crippen molar-refractivity contribution in [1.29, 1.82) is 0 Å². The third kappa shape index (κ3) is 2.23. The van der Waals surface area contributed by atoms with E-state index in [1.807, 2.05) is 19.9 Å². The van der Waals surface area contributed by atoms with Crippen LogP contribution in [0, 0.1) is 34.5 Å². The van der Waals surface area contributed by atoms with Crippen molar-refractivity contribution in [3.05, 3.63) is 23.3 Å². The zero-order valence-electron chi connectivity index (χ0n) is 16.9. The van der Waals surface area contributed by atoms with Gasteiger partial charge in [-0.15, -0.1) is 0 Å². The summed E-state index contributed by atoms with van der Waals surface area (Å²) in [5.41, 5.74) is 0.634. The molecule has 0 spiro atoms. The van der Waals surface area contributed by atoms with Crippen molar-refractivity contribution in [3.8, 4) is 0 Å². The average Bonchev–Trinajstić information content (AvgIpc) is 2.84. The van der Waals surface area contributed by atoms with E-state index in [9.17, 15) is 19.8 Å². The van der Waals surface area contributed by atoms with Crippen molar-refractivity contribution in [2.45, 2.75) is 65.4 Å². The van der Waals surface area contributed by atoms with E-state index in [1.54, 1.807) is 0 Å². The van der Waals surface area contributed by atoms with E-state index < -0.39 is 23.4 Å². The van der Waals surface area contributed by atoms with Gasteiger partial charge in [-0.2, -0.15) is 0 Å². The number of aliphatic hydroxyl groups excluding tert-OH is 1. The number of carbonyl (C=O) groups excluding carboxylic acids is 2. The topological polar surface area (TPSA) is 74.6 Å². The van der Waals surface area contributed by atoms with Gasteiger partial charge in [0.2, 0.25) is 0 Å². The SMILES string of the molecule is CC1CC2C(=CCC3(C)C2CC(C)C3(O)C(=O)CO)C2(C)CCC(=O)C=C12. The minimum atomic E-state index is -1.46. The number of hydrogen-bond acceptors (Lipinski definition) is 4. The molecule has 0 heterocycles. The maximum Gasteiger partial charge on any atom is 0.190 e. The predicted octanol–water partition coefficient (Wildman–Crippen LogP) is 3.22. The van der Waals surface area contributed by atoms with Gasteiger partial charge in [0.15, 0.2) is 11.6 Å². The molecule has 27 heavy (non-hydrogen) atoms. The van der Waals surface area contributed by atoms with Crippen LogP contribution in [0.15, 0.2) is 23.3 Å². The van der Waals surface area contributed by atoms with Gasteiger partial charge in [0.05, 0.1) is 0 Å². The van der Waals surface area contributed by atoms with Crippen molar-refractivity contribution in [2.24, 2.45) is 34.5 Å². The molecule has 2 fully saturated rings. The Balaban J connectivity index is 1.81. The van der Waals surface area contributed by atoms with Gasteiger partial charge in [-0.3, -0.25) is 9.59 Å². The summed E-state index contributed by atoms with van der Waals surface area (Å²) in [6, 6.07) is 0. The van der Waals surface area contributed by atoms with E-state index in [-0.39, 0.29) is 23.0 Å². The lowest BCUT2D eigenvalue weighted by atomic mass is 9.48. The van der Waals surface area contributed by atoms with Crippen molar-refractivity contribution in [1.82, 2.24) is 0 Å². The first-order chi connectivity index (χ1) is 12.6. The maximum atomic E-state index is 12.6. The highest BCUT2D eigenvalue weighted by Crippen LogP contribution is 2.67. The van der Waals surface area contributed by atoms with Crippen LogP contribution in [0.25, 0.3) is 0 Å². The van der Waals surface area contributed by atoms with E-state index in [4.69, 9.17) is 0 Å². The maximum absolute atomic E-state index is 12.6. The number of Topliss-reactive ketones (excluding diaryl/α,β-unsaturated/α-hetero) is 1. The molecule has 2 saturated carbocycles. The van der Waals surface area contributed by atoms with Gasteiger partial charge in [-0.25, -0.2) is 0 Å². The summed E-state index contributed by atoms with van der Waals surface area (Å²) < 4.78 is 0. The van der Waals surface area contributed by atoms with Crippen LogP contribution in [0.5, 0.6) is 0 Å². The summed E-state index contributed by atoms with van der Waals surface area (Å²) in [6.45, 7) is 7.90. The number of fused-ring (bicyclic) bond motifs is 5. The Morgan fingerprint density at radius 1 is 1.22 bits per heavy atom. The second-order valence-electron chi connectivity index (χ2n) is 10.0. The molecular formula is C23H32O4. The Bertz CT molecular complexity index is 764. The van der Waals surface area contributed by atoms with Gasteiger partial charge in [0.25, 0.3) is 0 Å². The van der Waals surface area contributed by atoms with Crippen LogP contribution in [-0.2, 0) is 9.59 Å². The molecule has 0 aromatic heterocycles. The Morgan fingerprint density at radius 3 is 2.59 bits per heavy atom. The van der Waals surface area contributed by atoms with Crippen LogP contribution >= 0.6 is 0 Å². The zero-order chi connectivity index (χ0) is 19.8. The second kappa shape index (κ2) is 5.87. The Morgan fingerprint density at radius 2 is 1.93 bits per heavy atom. The largest absolute Gasteiger partial charge is 0.388 e. The Kier molecular flexibility index (Phi) is 4.15. The number of aliphatic hydroxyl groups is 2. The van der Waals surface area contributed by atoms with E-state index in [1.165, 1.54) is 11.1 Å². The molecule has 0 bridgehead atoms. The summed E-state index contributed by atoms with van der Waals surface area (Å²) in [6.07, 6.45) is 8.05.